The fourth-order valence-corrected chi connectivity index (χ4v) is 3.45. The molecule has 1 saturated heterocycles. The lowest BCUT2D eigenvalue weighted by Crippen LogP contribution is -2.31. The molecule has 134 valence electrons. The molecule has 1 fully saturated rings. The third kappa shape index (κ3) is 4.25. The molecule has 0 radical (unpaired) electrons. The van der Waals surface area contributed by atoms with Crippen LogP contribution in [-0.4, -0.2) is 48.8 Å². The molecule has 0 aliphatic carbocycles. The molecule has 1 aromatic carbocycles. The second-order valence-corrected chi connectivity index (χ2v) is 6.76. The van der Waals surface area contributed by atoms with Crippen LogP contribution in [0, 0.1) is 5.92 Å². The Morgan fingerprint density at radius 2 is 1.88 bits per heavy atom. The summed E-state index contributed by atoms with van der Waals surface area (Å²) >= 11 is 0. The van der Waals surface area contributed by atoms with Crippen molar-refractivity contribution in [1.29, 1.82) is 0 Å². The molecule has 2 heterocycles. The van der Waals surface area contributed by atoms with Gasteiger partial charge in [-0.15, -0.1) is 0 Å². The van der Waals surface area contributed by atoms with E-state index >= 15 is 0 Å². The minimum absolute atomic E-state index is 0.0904. The van der Waals surface area contributed by atoms with Crippen molar-refractivity contribution in [3.63, 3.8) is 0 Å². The number of imide groups is 1. The first-order valence-corrected chi connectivity index (χ1v) is 9.09. The van der Waals surface area contributed by atoms with Crippen LogP contribution >= 0.6 is 0 Å². The van der Waals surface area contributed by atoms with Gasteiger partial charge in [-0.05, 0) is 56.8 Å². The average Bonchev–Trinajstić information content (AvgIpc) is 3.22. The first kappa shape index (κ1) is 17.6. The fourth-order valence-electron chi connectivity index (χ4n) is 3.45. The lowest BCUT2D eigenvalue weighted by atomic mass is 10.0. The van der Waals surface area contributed by atoms with Crippen LogP contribution in [0.3, 0.4) is 0 Å². The van der Waals surface area contributed by atoms with Gasteiger partial charge >= 0.3 is 0 Å². The van der Waals surface area contributed by atoms with Gasteiger partial charge < -0.3 is 10.6 Å². The lowest BCUT2D eigenvalue weighted by Gasteiger charge is -2.13. The van der Waals surface area contributed by atoms with E-state index in [1.807, 2.05) is 0 Å². The maximum absolute atomic E-state index is 12.2. The van der Waals surface area contributed by atoms with E-state index in [-0.39, 0.29) is 17.7 Å². The molecule has 6 nitrogen and oxygen atoms in total. The highest BCUT2D eigenvalue weighted by atomic mass is 16.2. The van der Waals surface area contributed by atoms with Crippen LogP contribution in [0.2, 0.25) is 0 Å². The SMILES string of the molecule is O=C(CCC1CCNC1)NCCCCN1C(=O)c2ccccc2C1=O. The standard InChI is InChI=1S/C19H25N3O3/c23-17(8-7-14-9-11-20-13-14)21-10-3-4-12-22-18(24)15-5-1-2-6-16(15)19(22)25/h1-2,5-6,14,20H,3-4,7-13H2,(H,21,23). The molecule has 25 heavy (non-hydrogen) atoms. The molecule has 3 rings (SSSR count). The number of nitrogens with one attached hydrogen (secondary N) is 2. The zero-order valence-electron chi connectivity index (χ0n) is 14.4. The van der Waals surface area contributed by atoms with E-state index in [2.05, 4.69) is 10.6 Å². The maximum Gasteiger partial charge on any atom is 0.261 e. The Labute approximate surface area is 148 Å². The highest BCUT2D eigenvalue weighted by molar-refractivity contribution is 6.21. The van der Waals surface area contributed by atoms with Crippen molar-refractivity contribution in [2.75, 3.05) is 26.2 Å². The van der Waals surface area contributed by atoms with Crippen LogP contribution in [0.4, 0.5) is 0 Å². The van der Waals surface area contributed by atoms with Gasteiger partial charge in [-0.2, -0.15) is 0 Å². The smallest absolute Gasteiger partial charge is 0.261 e. The summed E-state index contributed by atoms with van der Waals surface area (Å²) in [6.45, 7) is 3.07. The van der Waals surface area contributed by atoms with Gasteiger partial charge in [-0.1, -0.05) is 12.1 Å². The quantitative estimate of drug-likeness (QED) is 0.555. The molecule has 1 unspecified atom stereocenters. The number of nitrogens with zero attached hydrogens (tertiary/aromatic N) is 1. The molecule has 2 aliphatic heterocycles. The van der Waals surface area contributed by atoms with Gasteiger partial charge in [-0.3, -0.25) is 19.3 Å². The minimum atomic E-state index is -0.213. The van der Waals surface area contributed by atoms with Crippen molar-refractivity contribution in [2.45, 2.75) is 32.1 Å². The van der Waals surface area contributed by atoms with Gasteiger partial charge in [0.05, 0.1) is 11.1 Å². The topological polar surface area (TPSA) is 78.5 Å². The molecule has 6 heteroatoms. The van der Waals surface area contributed by atoms with E-state index in [0.29, 0.717) is 43.0 Å². The van der Waals surface area contributed by atoms with E-state index in [1.165, 1.54) is 4.90 Å². The van der Waals surface area contributed by atoms with Crippen LogP contribution in [0.25, 0.3) is 0 Å². The summed E-state index contributed by atoms with van der Waals surface area (Å²) in [6, 6.07) is 6.92. The number of fused-ring (bicyclic) bond motifs is 1. The Hall–Kier alpha value is -2.21. The number of carbonyl (C=O) groups excluding carboxylic acids is 3. The third-order valence-corrected chi connectivity index (χ3v) is 4.95. The zero-order chi connectivity index (χ0) is 17.6. The van der Waals surface area contributed by atoms with E-state index in [0.717, 1.165) is 32.4 Å². The molecule has 0 aromatic heterocycles. The van der Waals surface area contributed by atoms with Gasteiger partial charge in [0, 0.05) is 19.5 Å². The van der Waals surface area contributed by atoms with E-state index in [9.17, 15) is 14.4 Å². The average molecular weight is 343 g/mol. The first-order chi connectivity index (χ1) is 12.2. The van der Waals surface area contributed by atoms with Crippen LogP contribution in [0.5, 0.6) is 0 Å². The van der Waals surface area contributed by atoms with Crippen molar-refractivity contribution >= 4 is 17.7 Å². The Bertz CT molecular complexity index is 618. The molecule has 2 N–H and O–H groups in total. The summed E-state index contributed by atoms with van der Waals surface area (Å²) in [5.74, 6) is 0.289. The van der Waals surface area contributed by atoms with Crippen molar-refractivity contribution in [3.05, 3.63) is 35.4 Å². The number of rotatable bonds is 8. The normalized spacial score (nSPS) is 19.4. The highest BCUT2D eigenvalue weighted by Crippen LogP contribution is 2.22. The number of carbonyl (C=O) groups is 3. The molecule has 2 aliphatic rings. The van der Waals surface area contributed by atoms with Crippen molar-refractivity contribution < 1.29 is 14.4 Å². The van der Waals surface area contributed by atoms with Crippen molar-refractivity contribution in [1.82, 2.24) is 15.5 Å². The first-order valence-electron chi connectivity index (χ1n) is 9.09. The summed E-state index contributed by atoms with van der Waals surface area (Å²) in [6.07, 6.45) is 4.12. The Balaban J connectivity index is 1.32. The van der Waals surface area contributed by atoms with Crippen molar-refractivity contribution in [2.24, 2.45) is 5.92 Å². The second kappa shape index (κ2) is 8.25. The number of amides is 3. The molecule has 0 bridgehead atoms. The molecule has 1 aromatic rings. The summed E-state index contributed by atoms with van der Waals surface area (Å²) in [7, 11) is 0. The highest BCUT2D eigenvalue weighted by Gasteiger charge is 2.34. The summed E-state index contributed by atoms with van der Waals surface area (Å²) in [5.41, 5.74) is 0.976. The number of unbranched alkanes of at least 4 members (excludes halogenated alkanes) is 1. The van der Waals surface area contributed by atoms with E-state index in [1.54, 1.807) is 24.3 Å². The number of hydrogen-bond acceptors (Lipinski definition) is 4. The number of hydrogen-bond donors (Lipinski definition) is 2. The van der Waals surface area contributed by atoms with Gasteiger partial charge in [0.2, 0.25) is 5.91 Å². The predicted molar refractivity (Wildman–Crippen MR) is 94.3 cm³/mol. The zero-order valence-corrected chi connectivity index (χ0v) is 14.4. The molecule has 3 amide bonds. The monoisotopic (exact) mass is 343 g/mol. The van der Waals surface area contributed by atoms with Crippen LogP contribution in [0.15, 0.2) is 24.3 Å². The fraction of sp³-hybridized carbons (Fsp3) is 0.526. The summed E-state index contributed by atoms with van der Waals surface area (Å²) in [5, 5.41) is 6.23. The lowest BCUT2D eigenvalue weighted by molar-refractivity contribution is -0.121. The Morgan fingerprint density at radius 1 is 1.16 bits per heavy atom. The molecule has 1 atom stereocenters. The van der Waals surface area contributed by atoms with Gasteiger partial charge in [0.15, 0.2) is 0 Å². The molecular weight excluding hydrogens is 318 g/mol. The Kier molecular flexibility index (Phi) is 5.81. The predicted octanol–water partition coefficient (Wildman–Crippen LogP) is 1.57. The third-order valence-electron chi connectivity index (χ3n) is 4.95. The van der Waals surface area contributed by atoms with Crippen LogP contribution < -0.4 is 10.6 Å². The van der Waals surface area contributed by atoms with Crippen LogP contribution in [0.1, 0.15) is 52.8 Å². The van der Waals surface area contributed by atoms with Crippen LogP contribution in [-0.2, 0) is 4.79 Å². The Morgan fingerprint density at radius 3 is 2.52 bits per heavy atom. The second-order valence-electron chi connectivity index (χ2n) is 6.76. The van der Waals surface area contributed by atoms with Crippen molar-refractivity contribution in [3.8, 4) is 0 Å². The minimum Gasteiger partial charge on any atom is -0.356 e. The summed E-state index contributed by atoms with van der Waals surface area (Å²) in [4.78, 5) is 37.6. The van der Waals surface area contributed by atoms with E-state index in [4.69, 9.17) is 0 Å². The largest absolute Gasteiger partial charge is 0.356 e. The molecule has 0 saturated carbocycles. The molecule has 0 spiro atoms. The van der Waals surface area contributed by atoms with Gasteiger partial charge in [0.1, 0.15) is 0 Å². The van der Waals surface area contributed by atoms with E-state index < -0.39 is 0 Å². The van der Waals surface area contributed by atoms with Gasteiger partial charge in [0.25, 0.3) is 11.8 Å². The number of benzene rings is 1. The maximum atomic E-state index is 12.2. The van der Waals surface area contributed by atoms with Gasteiger partial charge in [-0.25, -0.2) is 0 Å². The summed E-state index contributed by atoms with van der Waals surface area (Å²) < 4.78 is 0. The molecular formula is C19H25N3O3.